The molecule has 0 bridgehead atoms. The number of nitro groups is 1. The SMILES string of the molecule is CS(=O)(=O)c1cccc2sc(N3CCN(C(=O)c4cc5cc([N+](=O)[O-])ccc5s4)CC3)nc12. The summed E-state index contributed by atoms with van der Waals surface area (Å²) in [4.78, 5) is 32.8. The number of piperazine rings is 1. The number of carbonyl (C=O) groups is 1. The van der Waals surface area contributed by atoms with Crippen molar-refractivity contribution in [2.24, 2.45) is 0 Å². The molecule has 2 aromatic heterocycles. The van der Waals surface area contributed by atoms with Crippen LogP contribution >= 0.6 is 22.7 Å². The van der Waals surface area contributed by atoms with E-state index in [2.05, 4.69) is 9.88 Å². The summed E-state index contributed by atoms with van der Waals surface area (Å²) in [5.74, 6) is -0.0952. The quantitative estimate of drug-likeness (QED) is 0.308. The number of sulfone groups is 1. The monoisotopic (exact) mass is 502 g/mol. The molecule has 0 saturated carbocycles. The lowest BCUT2D eigenvalue weighted by Gasteiger charge is -2.34. The first kappa shape index (κ1) is 21.7. The van der Waals surface area contributed by atoms with Crippen LogP contribution in [0.3, 0.4) is 0 Å². The summed E-state index contributed by atoms with van der Waals surface area (Å²) in [6.07, 6.45) is 1.18. The van der Waals surface area contributed by atoms with Crippen molar-refractivity contribution in [1.82, 2.24) is 9.88 Å². The van der Waals surface area contributed by atoms with E-state index in [1.807, 2.05) is 6.07 Å². The van der Waals surface area contributed by atoms with E-state index in [1.165, 1.54) is 41.1 Å². The second-order valence-electron chi connectivity index (χ2n) is 7.74. The number of fused-ring (bicyclic) bond motifs is 2. The first-order valence-electron chi connectivity index (χ1n) is 10.0. The van der Waals surface area contributed by atoms with Gasteiger partial charge >= 0.3 is 0 Å². The van der Waals surface area contributed by atoms with E-state index in [0.717, 1.165) is 14.5 Å². The van der Waals surface area contributed by atoms with Crippen molar-refractivity contribution in [3.63, 3.8) is 0 Å². The maximum Gasteiger partial charge on any atom is 0.270 e. The average Bonchev–Trinajstić information content (AvgIpc) is 3.41. The molecule has 1 fully saturated rings. The number of benzene rings is 2. The Labute approximate surface area is 196 Å². The highest BCUT2D eigenvalue weighted by Crippen LogP contribution is 2.34. The van der Waals surface area contributed by atoms with Gasteiger partial charge in [-0.15, -0.1) is 11.3 Å². The predicted molar refractivity (Wildman–Crippen MR) is 129 cm³/mol. The zero-order valence-electron chi connectivity index (χ0n) is 17.4. The molecule has 9 nitrogen and oxygen atoms in total. The number of rotatable bonds is 4. The molecule has 0 unspecified atom stereocenters. The first-order valence-corrected chi connectivity index (χ1v) is 13.5. The van der Waals surface area contributed by atoms with E-state index >= 15 is 0 Å². The molecular weight excluding hydrogens is 484 g/mol. The van der Waals surface area contributed by atoms with Crippen LogP contribution in [0.25, 0.3) is 20.3 Å². The third kappa shape index (κ3) is 4.05. The van der Waals surface area contributed by atoms with Crippen LogP contribution in [0.1, 0.15) is 9.67 Å². The van der Waals surface area contributed by atoms with Crippen LogP contribution in [0.2, 0.25) is 0 Å². The van der Waals surface area contributed by atoms with Gasteiger partial charge < -0.3 is 9.80 Å². The summed E-state index contributed by atoms with van der Waals surface area (Å²) < 4.78 is 25.8. The minimum Gasteiger partial charge on any atom is -0.345 e. The van der Waals surface area contributed by atoms with Crippen molar-refractivity contribution in [1.29, 1.82) is 0 Å². The van der Waals surface area contributed by atoms with Crippen molar-refractivity contribution in [3.05, 3.63) is 57.5 Å². The number of non-ortho nitro benzene ring substituents is 1. The van der Waals surface area contributed by atoms with Gasteiger partial charge in [0.15, 0.2) is 15.0 Å². The number of anilines is 1. The fourth-order valence-corrected chi connectivity index (χ4v) is 6.80. The van der Waals surface area contributed by atoms with E-state index in [1.54, 1.807) is 29.2 Å². The maximum absolute atomic E-state index is 13.0. The van der Waals surface area contributed by atoms with Gasteiger partial charge in [-0.25, -0.2) is 13.4 Å². The molecule has 1 saturated heterocycles. The number of amides is 1. The Morgan fingerprint density at radius 3 is 2.52 bits per heavy atom. The van der Waals surface area contributed by atoms with Crippen molar-refractivity contribution in [2.75, 3.05) is 37.3 Å². The standard InChI is InChI=1S/C21H18N4O5S3/c1-33(29,30)18-4-2-3-16-19(18)22-21(32-16)24-9-7-23(8-10-24)20(26)17-12-13-11-14(25(27)28)5-6-15(13)31-17/h2-6,11-12H,7-10H2,1H3. The van der Waals surface area contributed by atoms with E-state index in [4.69, 9.17) is 0 Å². The smallest absolute Gasteiger partial charge is 0.270 e. The summed E-state index contributed by atoms with van der Waals surface area (Å²) in [6.45, 7) is 2.16. The summed E-state index contributed by atoms with van der Waals surface area (Å²) in [5, 5.41) is 12.4. The third-order valence-corrected chi connectivity index (χ3v) is 8.84. The zero-order chi connectivity index (χ0) is 23.3. The predicted octanol–water partition coefficient (Wildman–Crippen LogP) is 3.79. The van der Waals surface area contributed by atoms with Crippen LogP contribution in [-0.4, -0.2) is 61.6 Å². The number of hydrogen-bond acceptors (Lipinski definition) is 9. The minimum atomic E-state index is -3.38. The van der Waals surface area contributed by atoms with Crippen molar-refractivity contribution in [2.45, 2.75) is 4.90 Å². The summed E-state index contributed by atoms with van der Waals surface area (Å²) in [6, 6.07) is 11.5. The molecule has 1 aliphatic rings. The number of thiophene rings is 1. The van der Waals surface area contributed by atoms with Crippen LogP contribution in [-0.2, 0) is 9.84 Å². The molecule has 4 aromatic rings. The topological polar surface area (TPSA) is 114 Å². The Balaban J connectivity index is 1.32. The molecule has 1 amide bonds. The Bertz CT molecular complexity index is 1520. The van der Waals surface area contributed by atoms with Gasteiger partial charge in [0.1, 0.15) is 5.52 Å². The van der Waals surface area contributed by atoms with Gasteiger partial charge in [0.2, 0.25) is 0 Å². The Kier molecular flexibility index (Phi) is 5.30. The van der Waals surface area contributed by atoms with Gasteiger partial charge in [-0.05, 0) is 24.3 Å². The van der Waals surface area contributed by atoms with Crippen molar-refractivity contribution in [3.8, 4) is 0 Å². The second kappa shape index (κ2) is 8.04. The van der Waals surface area contributed by atoms with Crippen LogP contribution in [0, 0.1) is 10.1 Å². The molecule has 0 N–H and O–H groups in total. The molecular formula is C21H18N4O5S3. The van der Waals surface area contributed by atoms with E-state index in [-0.39, 0.29) is 16.5 Å². The van der Waals surface area contributed by atoms with Crippen LogP contribution < -0.4 is 4.90 Å². The van der Waals surface area contributed by atoms with Gasteiger partial charge in [-0.1, -0.05) is 17.4 Å². The molecule has 2 aromatic carbocycles. The molecule has 5 rings (SSSR count). The summed E-state index contributed by atoms with van der Waals surface area (Å²) in [7, 11) is -3.38. The summed E-state index contributed by atoms with van der Waals surface area (Å²) >= 11 is 2.77. The van der Waals surface area contributed by atoms with Gasteiger partial charge in [-0.2, -0.15) is 0 Å². The molecule has 0 aliphatic carbocycles. The molecule has 3 heterocycles. The normalized spacial score (nSPS) is 14.8. The van der Waals surface area contributed by atoms with Gasteiger partial charge in [-0.3, -0.25) is 14.9 Å². The highest BCUT2D eigenvalue weighted by molar-refractivity contribution is 7.91. The number of hydrogen-bond donors (Lipinski definition) is 0. The highest BCUT2D eigenvalue weighted by atomic mass is 32.2. The average molecular weight is 503 g/mol. The van der Waals surface area contributed by atoms with Crippen LogP contribution in [0.5, 0.6) is 0 Å². The molecule has 0 radical (unpaired) electrons. The number of para-hydroxylation sites is 1. The van der Waals surface area contributed by atoms with Crippen LogP contribution in [0.4, 0.5) is 10.8 Å². The number of aromatic nitrogens is 1. The highest BCUT2D eigenvalue weighted by Gasteiger charge is 2.26. The molecule has 1 aliphatic heterocycles. The van der Waals surface area contributed by atoms with Gasteiger partial charge in [0.05, 0.1) is 19.4 Å². The molecule has 0 spiro atoms. The lowest BCUT2D eigenvalue weighted by atomic mass is 10.2. The van der Waals surface area contributed by atoms with Crippen molar-refractivity contribution >= 4 is 69.5 Å². The number of carbonyl (C=O) groups excluding carboxylic acids is 1. The number of thiazole rings is 1. The van der Waals surface area contributed by atoms with Crippen LogP contribution in [0.15, 0.2) is 47.4 Å². The van der Waals surface area contributed by atoms with Crippen molar-refractivity contribution < 1.29 is 18.1 Å². The maximum atomic E-state index is 13.0. The Morgan fingerprint density at radius 2 is 1.82 bits per heavy atom. The van der Waals surface area contributed by atoms with E-state index < -0.39 is 14.8 Å². The lowest BCUT2D eigenvalue weighted by Crippen LogP contribution is -2.48. The number of nitro benzene ring substituents is 1. The Morgan fingerprint density at radius 1 is 1.06 bits per heavy atom. The molecule has 0 atom stereocenters. The van der Waals surface area contributed by atoms with Gasteiger partial charge in [0, 0.05) is 54.7 Å². The lowest BCUT2D eigenvalue weighted by molar-refractivity contribution is -0.384. The van der Waals surface area contributed by atoms with E-state index in [0.29, 0.717) is 42.0 Å². The molecule has 12 heteroatoms. The van der Waals surface area contributed by atoms with Gasteiger partial charge in [0.25, 0.3) is 11.6 Å². The molecule has 33 heavy (non-hydrogen) atoms. The second-order valence-corrected chi connectivity index (χ2v) is 11.8. The summed E-state index contributed by atoms with van der Waals surface area (Å²) in [5.41, 5.74) is 0.487. The molecule has 170 valence electrons. The minimum absolute atomic E-state index is 0.00257. The Hall–Kier alpha value is -3.09. The number of nitrogens with zero attached hydrogens (tertiary/aromatic N) is 4. The zero-order valence-corrected chi connectivity index (χ0v) is 19.9. The fraction of sp³-hybridized carbons (Fsp3) is 0.238. The first-order chi connectivity index (χ1) is 15.7. The largest absolute Gasteiger partial charge is 0.345 e. The third-order valence-electron chi connectivity index (χ3n) is 5.53. The fourth-order valence-electron chi connectivity index (χ4n) is 3.85. The van der Waals surface area contributed by atoms with E-state index in [9.17, 15) is 23.3 Å².